The molecule has 0 amide bonds. The van der Waals surface area contributed by atoms with Crippen LogP contribution in [-0.2, 0) is 28.4 Å². The largest absolute Gasteiger partial charge is 0.522 e. The number of benzene rings is 2. The van der Waals surface area contributed by atoms with Crippen molar-refractivity contribution in [3.05, 3.63) is 53.1 Å². The molecule has 2 rings (SSSR count). The summed E-state index contributed by atoms with van der Waals surface area (Å²) in [7, 11) is 1.20. The molecule has 1 unspecified atom stereocenters. The minimum Gasteiger partial charge on any atom is -0.497 e. The van der Waals surface area contributed by atoms with Crippen molar-refractivity contribution in [2.24, 2.45) is 0 Å². The van der Waals surface area contributed by atoms with Crippen LogP contribution in [0.4, 0.5) is 30.7 Å². The molecule has 2 aromatic carbocycles. The number of hydrogen-bond acceptors (Lipinski definition) is 5. The Morgan fingerprint density at radius 2 is 1.20 bits per heavy atom. The Labute approximate surface area is 197 Å². The molecule has 0 spiro atoms. The van der Waals surface area contributed by atoms with Crippen LogP contribution < -0.4 is 14.2 Å². The molecule has 0 heterocycles. The smallest absolute Gasteiger partial charge is 0.497 e. The van der Waals surface area contributed by atoms with Crippen LogP contribution in [0.5, 0.6) is 17.2 Å². The molecule has 5 nitrogen and oxygen atoms in total. The van der Waals surface area contributed by atoms with Crippen LogP contribution in [0.2, 0.25) is 0 Å². The van der Waals surface area contributed by atoms with Crippen LogP contribution in [-0.4, -0.2) is 33.0 Å². The zero-order chi connectivity index (χ0) is 26.3. The molecule has 0 aromatic heterocycles. The molecule has 0 aliphatic carbocycles. The van der Waals surface area contributed by atoms with Crippen molar-refractivity contribution in [3.63, 3.8) is 0 Å². The van der Waals surface area contributed by atoms with Gasteiger partial charge in [-0.05, 0) is 43.2 Å². The van der Waals surface area contributed by atoms with E-state index in [1.54, 1.807) is 31.2 Å². The lowest BCUT2D eigenvalue weighted by atomic mass is 9.95. The Balaban J connectivity index is 2.15. The third-order valence-electron chi connectivity index (χ3n) is 4.95. The van der Waals surface area contributed by atoms with E-state index in [0.717, 1.165) is 12.1 Å². The van der Waals surface area contributed by atoms with Crippen molar-refractivity contribution in [1.29, 1.82) is 0 Å². The number of hydrogen-bond donors (Lipinski definition) is 0. The second-order valence-electron chi connectivity index (χ2n) is 7.52. The number of halogens is 7. The van der Waals surface area contributed by atoms with Gasteiger partial charge in [0.1, 0.15) is 36.1 Å². The van der Waals surface area contributed by atoms with E-state index in [9.17, 15) is 30.7 Å². The average molecular weight is 514 g/mol. The van der Waals surface area contributed by atoms with E-state index in [0.29, 0.717) is 11.3 Å². The van der Waals surface area contributed by atoms with Crippen molar-refractivity contribution < 1.29 is 54.4 Å². The van der Waals surface area contributed by atoms with Gasteiger partial charge in [-0.3, -0.25) is 9.47 Å². The summed E-state index contributed by atoms with van der Waals surface area (Å²) in [5.74, 6) is 0.0804. The highest BCUT2D eigenvalue weighted by molar-refractivity contribution is 5.47. The van der Waals surface area contributed by atoms with Crippen LogP contribution in [0.1, 0.15) is 37.0 Å². The van der Waals surface area contributed by atoms with Crippen molar-refractivity contribution in [1.82, 2.24) is 0 Å². The fourth-order valence-corrected chi connectivity index (χ4v) is 2.97. The van der Waals surface area contributed by atoms with Gasteiger partial charge in [-0.15, -0.1) is 26.3 Å². The second kappa shape index (κ2) is 11.8. The molecule has 12 heteroatoms. The summed E-state index contributed by atoms with van der Waals surface area (Å²) in [4.78, 5) is 0. The molecular weight excluding hydrogens is 489 g/mol. The molecule has 2 aromatic rings. The van der Waals surface area contributed by atoms with Gasteiger partial charge in [0, 0.05) is 11.1 Å². The van der Waals surface area contributed by atoms with Gasteiger partial charge in [0.05, 0.1) is 20.3 Å². The lowest BCUT2D eigenvalue weighted by Crippen LogP contribution is -2.17. The summed E-state index contributed by atoms with van der Waals surface area (Å²) in [5, 5.41) is 0. The van der Waals surface area contributed by atoms with Gasteiger partial charge in [0.15, 0.2) is 0 Å². The normalized spacial score (nSPS) is 13.9. The first kappa shape index (κ1) is 28.5. The molecule has 0 N–H and O–H groups in total. The summed E-state index contributed by atoms with van der Waals surface area (Å²) >= 11 is 0. The van der Waals surface area contributed by atoms with Gasteiger partial charge in [-0.2, -0.15) is 0 Å². The lowest BCUT2D eigenvalue weighted by molar-refractivity contribution is -0.330. The maximum absolute atomic E-state index is 14.3. The molecule has 0 aliphatic rings. The van der Waals surface area contributed by atoms with Gasteiger partial charge in [0.25, 0.3) is 0 Å². The van der Waals surface area contributed by atoms with Crippen LogP contribution >= 0.6 is 0 Å². The zero-order valence-electron chi connectivity index (χ0n) is 19.2. The zero-order valence-corrected chi connectivity index (χ0v) is 19.2. The fraction of sp³-hybridized carbons (Fsp3) is 0.478. The molecular formula is C23H25F7O5. The van der Waals surface area contributed by atoms with Gasteiger partial charge in [0.2, 0.25) is 0 Å². The van der Waals surface area contributed by atoms with Crippen LogP contribution in [0, 0.1) is 0 Å². The Morgan fingerprint density at radius 1 is 0.714 bits per heavy atom. The predicted molar refractivity (Wildman–Crippen MR) is 111 cm³/mol. The topological polar surface area (TPSA) is 46.2 Å². The Hall–Kier alpha value is -2.73. The molecule has 0 saturated heterocycles. The summed E-state index contributed by atoms with van der Waals surface area (Å²) in [6.07, 6.45) is -9.68. The Bertz CT molecular complexity index is 902. The minimum absolute atomic E-state index is 0.0119. The lowest BCUT2D eigenvalue weighted by Gasteiger charge is -2.20. The minimum atomic E-state index is -4.98. The first-order valence-electron chi connectivity index (χ1n) is 10.4. The monoisotopic (exact) mass is 514 g/mol. The number of ether oxygens (including phenoxy) is 5. The SMILES string of the molecule is CCC(C)(F)c1ccc(OCCOc2c(COC(F)(F)F)cc(OC)cc2COC(F)(F)F)cc1. The van der Waals surface area contributed by atoms with Crippen molar-refractivity contribution in [3.8, 4) is 17.2 Å². The van der Waals surface area contributed by atoms with Gasteiger partial charge in [-0.25, -0.2) is 4.39 Å². The fourth-order valence-electron chi connectivity index (χ4n) is 2.97. The Morgan fingerprint density at radius 3 is 1.63 bits per heavy atom. The van der Waals surface area contributed by atoms with E-state index < -0.39 is 31.6 Å². The van der Waals surface area contributed by atoms with E-state index >= 15 is 0 Å². The highest BCUT2D eigenvalue weighted by Crippen LogP contribution is 2.34. The van der Waals surface area contributed by atoms with Crippen LogP contribution in [0.25, 0.3) is 0 Å². The first-order chi connectivity index (χ1) is 16.2. The van der Waals surface area contributed by atoms with Gasteiger partial charge >= 0.3 is 12.7 Å². The van der Waals surface area contributed by atoms with E-state index in [1.165, 1.54) is 14.0 Å². The number of alkyl halides is 7. The van der Waals surface area contributed by atoms with Crippen molar-refractivity contribution in [2.75, 3.05) is 20.3 Å². The van der Waals surface area contributed by atoms with Gasteiger partial charge in [-0.1, -0.05) is 19.1 Å². The molecule has 196 valence electrons. The second-order valence-corrected chi connectivity index (χ2v) is 7.52. The van der Waals surface area contributed by atoms with Crippen molar-refractivity contribution in [2.45, 2.75) is 51.9 Å². The van der Waals surface area contributed by atoms with Crippen molar-refractivity contribution >= 4 is 0 Å². The molecule has 1 atom stereocenters. The summed E-state index contributed by atoms with van der Waals surface area (Å²) < 4.78 is 113. The quantitative estimate of drug-likeness (QED) is 0.230. The number of methoxy groups -OCH3 is 1. The van der Waals surface area contributed by atoms with Gasteiger partial charge < -0.3 is 14.2 Å². The molecule has 0 aliphatic heterocycles. The highest BCUT2D eigenvalue weighted by Gasteiger charge is 2.32. The maximum atomic E-state index is 14.3. The van der Waals surface area contributed by atoms with E-state index in [2.05, 4.69) is 9.47 Å². The number of rotatable bonds is 12. The molecule has 0 saturated carbocycles. The summed E-state index contributed by atoms with van der Waals surface area (Å²) in [6, 6.07) is 8.51. The van der Waals surface area contributed by atoms with Crippen LogP contribution in [0.3, 0.4) is 0 Å². The average Bonchev–Trinajstić information content (AvgIpc) is 2.78. The van der Waals surface area contributed by atoms with E-state index in [1.807, 2.05) is 0 Å². The summed E-state index contributed by atoms with van der Waals surface area (Å²) in [6.45, 7) is 0.759. The third-order valence-corrected chi connectivity index (χ3v) is 4.95. The molecule has 0 radical (unpaired) electrons. The molecule has 0 bridgehead atoms. The Kier molecular flexibility index (Phi) is 9.61. The van der Waals surface area contributed by atoms with E-state index in [-0.39, 0.29) is 42.3 Å². The van der Waals surface area contributed by atoms with Crippen LogP contribution in [0.15, 0.2) is 36.4 Å². The highest BCUT2D eigenvalue weighted by atomic mass is 19.4. The first-order valence-corrected chi connectivity index (χ1v) is 10.4. The molecule has 35 heavy (non-hydrogen) atoms. The van der Waals surface area contributed by atoms with E-state index in [4.69, 9.17) is 14.2 Å². The standard InChI is InChI=1S/C23H25F7O5/c1-4-21(2,24)17-5-7-18(8-6-17)32-9-10-33-20-15(13-34-22(25,26)27)11-19(31-3)12-16(20)14-35-23(28,29)30/h5-8,11-12H,4,9-10,13-14H2,1-3H3. The third kappa shape index (κ3) is 9.44. The predicted octanol–water partition coefficient (Wildman–Crippen LogP) is 6.82. The molecule has 0 fully saturated rings. The summed E-state index contributed by atoms with van der Waals surface area (Å²) in [5.41, 5.74) is -1.44. The maximum Gasteiger partial charge on any atom is 0.522 e.